The van der Waals surface area contributed by atoms with Crippen molar-refractivity contribution >= 4 is 29.0 Å². The van der Waals surface area contributed by atoms with Crippen LogP contribution in [0.5, 0.6) is 5.75 Å². The summed E-state index contributed by atoms with van der Waals surface area (Å²) in [5.41, 5.74) is 8.58. The number of hydrogen-bond acceptors (Lipinski definition) is 3. The molecule has 1 aromatic carbocycles. The van der Waals surface area contributed by atoms with Crippen LogP contribution in [0.25, 0.3) is 11.3 Å². The van der Waals surface area contributed by atoms with Gasteiger partial charge in [0.1, 0.15) is 6.61 Å². The lowest BCUT2D eigenvalue weighted by atomic mass is 10.2. The first-order chi connectivity index (χ1) is 11.1. The van der Waals surface area contributed by atoms with Crippen LogP contribution in [0, 0.1) is 0 Å². The molecule has 0 aliphatic carbocycles. The lowest BCUT2D eigenvalue weighted by Gasteiger charge is -2.12. The maximum Gasteiger partial charge on any atom is 0.166 e. The number of nitrogens with zero attached hydrogens (tertiary/aromatic N) is 2. The summed E-state index contributed by atoms with van der Waals surface area (Å²) in [6, 6.07) is 11.2. The highest BCUT2D eigenvalue weighted by molar-refractivity contribution is 6.35. The molecule has 0 fully saturated rings. The van der Waals surface area contributed by atoms with Crippen LogP contribution in [0.3, 0.4) is 0 Å². The molecule has 3 rings (SSSR count). The van der Waals surface area contributed by atoms with E-state index >= 15 is 0 Å². The van der Waals surface area contributed by atoms with E-state index in [0.717, 1.165) is 16.8 Å². The van der Waals surface area contributed by atoms with Crippen LogP contribution < -0.4 is 10.5 Å². The number of aromatic nitrogens is 2. The van der Waals surface area contributed by atoms with Gasteiger partial charge in [0.05, 0.1) is 0 Å². The van der Waals surface area contributed by atoms with E-state index in [9.17, 15) is 0 Å². The molecule has 0 atom stereocenters. The Bertz CT molecular complexity index is 825. The molecule has 0 radical (unpaired) electrons. The number of nitrogens with two attached hydrogens (primary N) is 1. The molecule has 0 saturated heterocycles. The molecule has 0 amide bonds. The minimum absolute atomic E-state index is 0.223. The van der Waals surface area contributed by atoms with Gasteiger partial charge in [-0.1, -0.05) is 29.3 Å². The molecule has 118 valence electrons. The maximum atomic E-state index is 6.15. The largest absolute Gasteiger partial charge is 0.485 e. The molecule has 2 N–H and O–H groups in total. The minimum Gasteiger partial charge on any atom is -0.485 e. The minimum atomic E-state index is 0.223. The number of halogens is 2. The van der Waals surface area contributed by atoms with Crippen molar-refractivity contribution in [1.29, 1.82) is 0 Å². The van der Waals surface area contributed by atoms with Crippen LogP contribution in [0.2, 0.25) is 10.0 Å². The third-order valence-electron chi connectivity index (χ3n) is 3.55. The zero-order valence-corrected chi connectivity index (χ0v) is 14.0. The van der Waals surface area contributed by atoms with Crippen LogP contribution >= 0.6 is 23.2 Å². The molecule has 0 bridgehead atoms. The van der Waals surface area contributed by atoms with Gasteiger partial charge in [-0.2, -0.15) is 0 Å². The number of rotatable bonds is 4. The van der Waals surface area contributed by atoms with Gasteiger partial charge in [-0.3, -0.25) is 0 Å². The number of anilines is 1. The first-order valence-electron chi connectivity index (χ1n) is 6.99. The Morgan fingerprint density at radius 2 is 1.91 bits per heavy atom. The molecule has 2 aromatic heterocycles. The van der Waals surface area contributed by atoms with Gasteiger partial charge < -0.3 is 15.0 Å². The zero-order valence-electron chi connectivity index (χ0n) is 12.5. The molecule has 23 heavy (non-hydrogen) atoms. The Hall–Kier alpha value is -2.17. The van der Waals surface area contributed by atoms with Crippen molar-refractivity contribution in [2.45, 2.75) is 6.61 Å². The molecule has 3 aromatic rings. The van der Waals surface area contributed by atoms with Gasteiger partial charge in [-0.05, 0) is 30.3 Å². The quantitative estimate of drug-likeness (QED) is 0.752. The number of aryl methyl sites for hydroxylation is 1. The zero-order chi connectivity index (χ0) is 16.4. The van der Waals surface area contributed by atoms with Crippen molar-refractivity contribution in [3.8, 4) is 17.0 Å². The average Bonchev–Trinajstić information content (AvgIpc) is 2.94. The Morgan fingerprint density at radius 3 is 2.57 bits per heavy atom. The van der Waals surface area contributed by atoms with E-state index < -0.39 is 0 Å². The van der Waals surface area contributed by atoms with E-state index in [1.54, 1.807) is 24.4 Å². The second-order valence-electron chi connectivity index (χ2n) is 5.10. The van der Waals surface area contributed by atoms with Crippen molar-refractivity contribution < 1.29 is 4.74 Å². The molecule has 4 nitrogen and oxygen atoms in total. The van der Waals surface area contributed by atoms with Crippen LogP contribution in [0.15, 0.2) is 48.8 Å². The van der Waals surface area contributed by atoms with Crippen LogP contribution in [-0.4, -0.2) is 9.55 Å². The first-order valence-corrected chi connectivity index (χ1v) is 7.75. The number of hydrogen-bond donors (Lipinski definition) is 1. The van der Waals surface area contributed by atoms with E-state index in [2.05, 4.69) is 4.98 Å². The molecule has 0 saturated carbocycles. The summed E-state index contributed by atoms with van der Waals surface area (Å²) in [5, 5.41) is 1.12. The van der Waals surface area contributed by atoms with Gasteiger partial charge in [0.2, 0.25) is 0 Å². The van der Waals surface area contributed by atoms with Gasteiger partial charge in [-0.15, -0.1) is 0 Å². The molecule has 0 spiro atoms. The maximum absolute atomic E-state index is 6.15. The molecule has 6 heteroatoms. The monoisotopic (exact) mass is 347 g/mol. The Balaban J connectivity index is 1.87. The Kier molecular flexibility index (Phi) is 4.46. The summed E-state index contributed by atoms with van der Waals surface area (Å²) in [5.74, 6) is 0.825. The summed E-state index contributed by atoms with van der Waals surface area (Å²) in [6.45, 7) is 0.223. The molecule has 2 heterocycles. The van der Waals surface area contributed by atoms with E-state index in [4.69, 9.17) is 33.7 Å². The summed E-state index contributed by atoms with van der Waals surface area (Å²) in [7, 11) is 1.97. The molecule has 0 unspecified atom stereocenters. The second kappa shape index (κ2) is 6.52. The van der Waals surface area contributed by atoms with Crippen molar-refractivity contribution in [2.75, 3.05) is 5.73 Å². The van der Waals surface area contributed by atoms with Crippen molar-refractivity contribution in [1.82, 2.24) is 9.55 Å². The number of nitrogen functional groups attached to an aromatic ring is 1. The van der Waals surface area contributed by atoms with Crippen LogP contribution in [-0.2, 0) is 13.7 Å². The van der Waals surface area contributed by atoms with Crippen LogP contribution in [0.1, 0.15) is 5.56 Å². The summed E-state index contributed by atoms with van der Waals surface area (Å²) in [4.78, 5) is 4.21. The highest BCUT2D eigenvalue weighted by Crippen LogP contribution is 2.30. The lowest BCUT2D eigenvalue weighted by molar-refractivity contribution is 0.307. The summed E-state index contributed by atoms with van der Waals surface area (Å²) < 4.78 is 7.80. The lowest BCUT2D eigenvalue weighted by Crippen LogP contribution is -2.02. The first kappa shape index (κ1) is 15.7. The predicted octanol–water partition coefficient (Wildman–Crippen LogP) is 4.56. The Labute approximate surface area is 144 Å². The van der Waals surface area contributed by atoms with E-state index in [1.807, 2.05) is 36.0 Å². The number of ether oxygens (including phenoxy) is 1. The third kappa shape index (κ3) is 3.28. The third-order valence-corrected chi connectivity index (χ3v) is 4.26. The van der Waals surface area contributed by atoms with Gasteiger partial charge in [0.15, 0.2) is 11.6 Å². The van der Waals surface area contributed by atoms with Gasteiger partial charge in [0, 0.05) is 46.3 Å². The predicted molar refractivity (Wildman–Crippen MR) is 93.9 cm³/mol. The van der Waals surface area contributed by atoms with E-state index in [0.29, 0.717) is 21.6 Å². The standard InChI is InChI=1S/C17H15Cl2N3O/c1-22-7-3-6-15(22)11-8-16(17(20)21-9-11)23-10-12-13(18)4-2-5-14(12)19/h2-9H,10H2,1H3,(H2,20,21). The fourth-order valence-corrected chi connectivity index (χ4v) is 2.80. The highest BCUT2D eigenvalue weighted by Gasteiger charge is 2.11. The molecule has 0 aliphatic rings. The van der Waals surface area contributed by atoms with Crippen molar-refractivity contribution in [3.05, 3.63) is 64.4 Å². The van der Waals surface area contributed by atoms with Crippen LogP contribution in [0.4, 0.5) is 5.82 Å². The summed E-state index contributed by atoms with van der Waals surface area (Å²) >= 11 is 12.3. The van der Waals surface area contributed by atoms with Gasteiger partial charge >= 0.3 is 0 Å². The smallest absolute Gasteiger partial charge is 0.166 e. The topological polar surface area (TPSA) is 53.1 Å². The van der Waals surface area contributed by atoms with Gasteiger partial charge in [0.25, 0.3) is 0 Å². The fraction of sp³-hybridized carbons (Fsp3) is 0.118. The van der Waals surface area contributed by atoms with E-state index in [1.165, 1.54) is 0 Å². The molecule has 0 aliphatic heterocycles. The fourth-order valence-electron chi connectivity index (χ4n) is 2.29. The van der Waals surface area contributed by atoms with E-state index in [-0.39, 0.29) is 6.61 Å². The molecular weight excluding hydrogens is 333 g/mol. The van der Waals surface area contributed by atoms with Crippen molar-refractivity contribution in [2.24, 2.45) is 7.05 Å². The average molecular weight is 348 g/mol. The Morgan fingerprint density at radius 1 is 1.17 bits per heavy atom. The second-order valence-corrected chi connectivity index (χ2v) is 5.91. The highest BCUT2D eigenvalue weighted by atomic mass is 35.5. The summed E-state index contributed by atoms with van der Waals surface area (Å²) in [6.07, 6.45) is 3.69. The van der Waals surface area contributed by atoms with Gasteiger partial charge in [-0.25, -0.2) is 4.98 Å². The van der Waals surface area contributed by atoms with Crippen molar-refractivity contribution in [3.63, 3.8) is 0 Å². The molecular formula is C17H15Cl2N3O. The SMILES string of the molecule is Cn1cccc1-c1cnc(N)c(OCc2c(Cl)cccc2Cl)c1. The number of pyridine rings is 1. The normalized spacial score (nSPS) is 10.7. The number of benzene rings is 1.